The first-order valence-corrected chi connectivity index (χ1v) is 5.67. The Labute approximate surface area is 90.1 Å². The molecule has 1 aromatic heterocycles. The molecule has 0 amide bonds. The van der Waals surface area contributed by atoms with Crippen molar-refractivity contribution in [2.24, 2.45) is 5.92 Å². The van der Waals surface area contributed by atoms with Crippen LogP contribution in [0.2, 0.25) is 0 Å². The van der Waals surface area contributed by atoms with Crippen molar-refractivity contribution in [3.63, 3.8) is 0 Å². The molecule has 1 aliphatic carbocycles. The molecule has 82 valence electrons. The molecule has 0 aromatic carbocycles. The summed E-state index contributed by atoms with van der Waals surface area (Å²) in [4.78, 5) is 24.2. The molecule has 2 rings (SSSR count). The van der Waals surface area contributed by atoms with Gasteiger partial charge in [0, 0.05) is 17.6 Å². The quantitative estimate of drug-likeness (QED) is 0.681. The summed E-state index contributed by atoms with van der Waals surface area (Å²) in [5.74, 6) is -0.553. The smallest absolute Gasteiger partial charge is 0.320 e. The SMILES string of the molecule is O=C(O)C(NCc1csc(=O)[nH]1)C1CC1. The van der Waals surface area contributed by atoms with Gasteiger partial charge in [0.25, 0.3) is 0 Å². The number of rotatable bonds is 5. The van der Waals surface area contributed by atoms with E-state index in [2.05, 4.69) is 10.3 Å². The maximum atomic E-state index is 10.9. The zero-order valence-electron chi connectivity index (χ0n) is 8.03. The van der Waals surface area contributed by atoms with Crippen LogP contribution in [0.3, 0.4) is 0 Å². The molecule has 0 bridgehead atoms. The van der Waals surface area contributed by atoms with E-state index in [9.17, 15) is 9.59 Å². The Bertz CT molecular complexity index is 407. The average molecular weight is 228 g/mol. The van der Waals surface area contributed by atoms with Crippen LogP contribution in [0.4, 0.5) is 0 Å². The largest absolute Gasteiger partial charge is 0.480 e. The molecular weight excluding hydrogens is 216 g/mol. The Kier molecular flexibility index (Phi) is 2.88. The van der Waals surface area contributed by atoms with Gasteiger partial charge in [-0.1, -0.05) is 11.3 Å². The molecule has 1 aliphatic rings. The monoisotopic (exact) mass is 228 g/mol. The van der Waals surface area contributed by atoms with E-state index in [1.54, 1.807) is 5.38 Å². The fraction of sp³-hybridized carbons (Fsp3) is 0.556. The van der Waals surface area contributed by atoms with Crippen molar-refractivity contribution in [2.75, 3.05) is 0 Å². The van der Waals surface area contributed by atoms with Crippen molar-refractivity contribution >= 4 is 17.3 Å². The van der Waals surface area contributed by atoms with Crippen LogP contribution in [0.25, 0.3) is 0 Å². The molecule has 1 atom stereocenters. The predicted octanol–water partition coefficient (Wildman–Crippen LogP) is 0.389. The first kappa shape index (κ1) is 10.4. The highest BCUT2D eigenvalue weighted by Crippen LogP contribution is 2.32. The van der Waals surface area contributed by atoms with Gasteiger partial charge in [-0.15, -0.1) is 0 Å². The summed E-state index contributed by atoms with van der Waals surface area (Å²) in [6, 6.07) is -0.478. The van der Waals surface area contributed by atoms with E-state index in [1.807, 2.05) is 0 Å². The summed E-state index contributed by atoms with van der Waals surface area (Å²) in [5.41, 5.74) is 0.747. The summed E-state index contributed by atoms with van der Waals surface area (Å²) in [5, 5.41) is 13.6. The van der Waals surface area contributed by atoms with Gasteiger partial charge in [0.05, 0.1) is 0 Å². The number of hydrogen-bond donors (Lipinski definition) is 3. The standard InChI is InChI=1S/C9H12N2O3S/c12-8(13)7(5-1-2-5)10-3-6-4-15-9(14)11-6/h4-5,7,10H,1-3H2,(H,11,14)(H,12,13). The van der Waals surface area contributed by atoms with E-state index in [1.165, 1.54) is 0 Å². The van der Waals surface area contributed by atoms with Crippen LogP contribution in [0.5, 0.6) is 0 Å². The molecule has 1 unspecified atom stereocenters. The Balaban J connectivity index is 1.90. The van der Waals surface area contributed by atoms with Crippen molar-refractivity contribution in [3.05, 3.63) is 20.7 Å². The lowest BCUT2D eigenvalue weighted by Crippen LogP contribution is -2.38. The molecule has 1 saturated carbocycles. The van der Waals surface area contributed by atoms with Crippen LogP contribution >= 0.6 is 11.3 Å². The molecule has 1 aromatic rings. The van der Waals surface area contributed by atoms with E-state index >= 15 is 0 Å². The van der Waals surface area contributed by atoms with Gasteiger partial charge in [0.1, 0.15) is 6.04 Å². The molecule has 3 N–H and O–H groups in total. The van der Waals surface area contributed by atoms with Crippen molar-refractivity contribution in [2.45, 2.75) is 25.4 Å². The Morgan fingerprint density at radius 2 is 2.47 bits per heavy atom. The number of nitrogens with one attached hydrogen (secondary N) is 2. The van der Waals surface area contributed by atoms with Gasteiger partial charge in [-0.05, 0) is 18.8 Å². The Morgan fingerprint density at radius 1 is 1.73 bits per heavy atom. The average Bonchev–Trinajstić information content (AvgIpc) is 2.90. The van der Waals surface area contributed by atoms with E-state index in [0.717, 1.165) is 29.9 Å². The highest BCUT2D eigenvalue weighted by molar-refractivity contribution is 7.07. The van der Waals surface area contributed by atoms with Crippen molar-refractivity contribution in [1.29, 1.82) is 0 Å². The van der Waals surface area contributed by atoms with Gasteiger partial charge in [-0.2, -0.15) is 0 Å². The summed E-state index contributed by atoms with van der Waals surface area (Å²) >= 11 is 1.09. The van der Waals surface area contributed by atoms with Crippen LogP contribution in [-0.4, -0.2) is 22.1 Å². The van der Waals surface area contributed by atoms with Gasteiger partial charge in [-0.25, -0.2) is 0 Å². The topological polar surface area (TPSA) is 82.2 Å². The van der Waals surface area contributed by atoms with Crippen LogP contribution < -0.4 is 10.2 Å². The van der Waals surface area contributed by atoms with Gasteiger partial charge in [0.15, 0.2) is 0 Å². The molecule has 15 heavy (non-hydrogen) atoms. The maximum Gasteiger partial charge on any atom is 0.320 e. The first-order valence-electron chi connectivity index (χ1n) is 4.79. The number of hydrogen-bond acceptors (Lipinski definition) is 4. The minimum absolute atomic E-state index is 0.106. The third-order valence-corrected chi connectivity index (χ3v) is 3.16. The molecular formula is C9H12N2O3S. The number of carboxylic acids is 1. The second-order valence-electron chi connectivity index (χ2n) is 3.71. The summed E-state index contributed by atoms with van der Waals surface area (Å²) < 4.78 is 0. The molecule has 1 heterocycles. The van der Waals surface area contributed by atoms with E-state index < -0.39 is 12.0 Å². The van der Waals surface area contributed by atoms with Gasteiger partial charge in [-0.3, -0.25) is 14.9 Å². The van der Waals surface area contributed by atoms with Crippen LogP contribution in [0.15, 0.2) is 10.2 Å². The fourth-order valence-corrected chi connectivity index (χ4v) is 2.09. The minimum atomic E-state index is -0.810. The number of aromatic amines is 1. The number of H-pyrrole nitrogens is 1. The highest BCUT2D eigenvalue weighted by Gasteiger charge is 2.35. The highest BCUT2D eigenvalue weighted by atomic mass is 32.1. The molecule has 1 fully saturated rings. The third-order valence-electron chi connectivity index (χ3n) is 2.44. The molecule has 0 spiro atoms. The molecule has 6 heteroatoms. The number of carboxylic acid groups (broad SMARTS) is 1. The predicted molar refractivity (Wildman–Crippen MR) is 55.9 cm³/mol. The lowest BCUT2D eigenvalue weighted by atomic mass is 10.2. The Hall–Kier alpha value is -1.14. The fourth-order valence-electron chi connectivity index (χ4n) is 1.51. The van der Waals surface area contributed by atoms with Crippen LogP contribution in [0.1, 0.15) is 18.5 Å². The normalized spacial score (nSPS) is 17.6. The third kappa shape index (κ3) is 2.66. The molecule has 0 radical (unpaired) electrons. The van der Waals surface area contributed by atoms with E-state index in [0.29, 0.717) is 6.54 Å². The lowest BCUT2D eigenvalue weighted by Gasteiger charge is -2.12. The van der Waals surface area contributed by atoms with E-state index in [-0.39, 0.29) is 10.8 Å². The summed E-state index contributed by atoms with van der Waals surface area (Å²) in [7, 11) is 0. The molecule has 0 saturated heterocycles. The van der Waals surface area contributed by atoms with Crippen molar-refractivity contribution < 1.29 is 9.90 Å². The second kappa shape index (κ2) is 4.16. The van der Waals surface area contributed by atoms with Crippen molar-refractivity contribution in [1.82, 2.24) is 10.3 Å². The summed E-state index contributed by atoms with van der Waals surface area (Å²) in [6.07, 6.45) is 1.95. The molecule has 5 nitrogen and oxygen atoms in total. The second-order valence-corrected chi connectivity index (χ2v) is 4.55. The zero-order valence-corrected chi connectivity index (χ0v) is 8.84. The van der Waals surface area contributed by atoms with Crippen molar-refractivity contribution in [3.8, 4) is 0 Å². The van der Waals surface area contributed by atoms with Gasteiger partial charge in [0.2, 0.25) is 0 Å². The Morgan fingerprint density at radius 3 is 2.93 bits per heavy atom. The molecule has 0 aliphatic heterocycles. The van der Waals surface area contributed by atoms with E-state index in [4.69, 9.17) is 5.11 Å². The number of carbonyl (C=O) groups is 1. The minimum Gasteiger partial charge on any atom is -0.480 e. The van der Waals surface area contributed by atoms with Gasteiger partial charge >= 0.3 is 10.8 Å². The van der Waals surface area contributed by atoms with Crippen LogP contribution in [0, 0.1) is 5.92 Å². The number of aliphatic carboxylic acids is 1. The van der Waals surface area contributed by atoms with Gasteiger partial charge < -0.3 is 10.1 Å². The zero-order chi connectivity index (χ0) is 10.8. The number of thiazole rings is 1. The van der Waals surface area contributed by atoms with Crippen LogP contribution in [-0.2, 0) is 11.3 Å². The first-order chi connectivity index (χ1) is 7.16. The number of aromatic nitrogens is 1. The summed E-state index contributed by atoms with van der Waals surface area (Å²) in [6.45, 7) is 0.409. The maximum absolute atomic E-state index is 10.9. The lowest BCUT2D eigenvalue weighted by molar-refractivity contribution is -0.140.